The number of rotatable bonds is 5. The Kier molecular flexibility index (Phi) is 4.80. The molecule has 3 aromatic rings. The largest absolute Gasteiger partial charge is 0.298 e. The average Bonchev–Trinajstić information content (AvgIpc) is 2.56. The molecule has 0 radical (unpaired) electrons. The highest BCUT2D eigenvalue weighted by atomic mass is 16.1. The second-order valence-corrected chi connectivity index (χ2v) is 6.00. The molecule has 0 bridgehead atoms. The van der Waals surface area contributed by atoms with Crippen LogP contribution in [0.4, 0.5) is 0 Å². The lowest BCUT2D eigenvalue weighted by Crippen LogP contribution is -2.18. The fraction of sp³-hybridized carbons (Fsp3) is 0.190. The van der Waals surface area contributed by atoms with Gasteiger partial charge in [0.2, 0.25) is 0 Å². The lowest BCUT2D eigenvalue weighted by atomic mass is 9.88. The Hall–Kier alpha value is -2.81. The lowest BCUT2D eigenvalue weighted by molar-refractivity contribution is -0.119. The first-order valence-corrected chi connectivity index (χ1v) is 8.06. The molecule has 0 saturated heterocycles. The highest BCUT2D eigenvalue weighted by Crippen LogP contribution is 2.25. The van der Waals surface area contributed by atoms with Crippen molar-refractivity contribution in [3.05, 3.63) is 95.1 Å². The molecule has 0 aliphatic heterocycles. The molecule has 0 N–H and O–H groups in total. The van der Waals surface area contributed by atoms with Gasteiger partial charge >= 0.3 is 0 Å². The van der Waals surface area contributed by atoms with Crippen molar-refractivity contribution in [2.24, 2.45) is 0 Å². The van der Waals surface area contributed by atoms with Gasteiger partial charge in [0.25, 0.3) is 0 Å². The number of ketones is 1. The fourth-order valence-electron chi connectivity index (χ4n) is 3.04. The second-order valence-electron chi connectivity index (χ2n) is 6.00. The molecule has 0 saturated carbocycles. The quantitative estimate of drug-likeness (QED) is 0.713. The van der Waals surface area contributed by atoms with E-state index in [1.807, 2.05) is 74.5 Å². The molecule has 2 aromatic heterocycles. The van der Waals surface area contributed by atoms with Crippen molar-refractivity contribution in [2.45, 2.75) is 26.2 Å². The van der Waals surface area contributed by atoms with E-state index in [9.17, 15) is 4.79 Å². The first kappa shape index (κ1) is 16.1. The van der Waals surface area contributed by atoms with E-state index in [1.54, 1.807) is 6.20 Å². The van der Waals surface area contributed by atoms with E-state index >= 15 is 0 Å². The summed E-state index contributed by atoms with van der Waals surface area (Å²) in [5, 5.41) is 0. The summed E-state index contributed by atoms with van der Waals surface area (Å²) in [5.41, 5.74) is 4.64. The van der Waals surface area contributed by atoms with Crippen LogP contribution in [0.1, 0.15) is 34.1 Å². The molecule has 3 heteroatoms. The molecule has 120 valence electrons. The second kappa shape index (κ2) is 7.18. The highest BCUT2D eigenvalue weighted by molar-refractivity contribution is 5.90. The third-order valence-electron chi connectivity index (χ3n) is 3.96. The van der Waals surface area contributed by atoms with Gasteiger partial charge in [-0.05, 0) is 49.2 Å². The molecular formula is C21H20N2O. The zero-order valence-electron chi connectivity index (χ0n) is 13.9. The van der Waals surface area contributed by atoms with Crippen molar-refractivity contribution in [1.29, 1.82) is 0 Å². The predicted octanol–water partition coefficient (Wildman–Crippen LogP) is 4.04. The number of nitrogens with zero attached hydrogens (tertiary/aromatic N) is 2. The van der Waals surface area contributed by atoms with Crippen molar-refractivity contribution in [3.63, 3.8) is 0 Å². The van der Waals surface area contributed by atoms with Gasteiger partial charge < -0.3 is 0 Å². The molecule has 0 aliphatic rings. The van der Waals surface area contributed by atoms with Crippen LogP contribution in [0.2, 0.25) is 0 Å². The number of Topliss-reactive ketones (excluding diaryl/α,β-unsaturated/α-hetero) is 1. The Morgan fingerprint density at radius 1 is 0.958 bits per heavy atom. The third-order valence-corrected chi connectivity index (χ3v) is 3.96. The number of carbonyl (C=O) groups excluding carboxylic acids is 1. The molecule has 1 aromatic carbocycles. The van der Waals surface area contributed by atoms with Crippen LogP contribution in [0.5, 0.6) is 0 Å². The van der Waals surface area contributed by atoms with Gasteiger partial charge in [0.1, 0.15) is 0 Å². The van der Waals surface area contributed by atoms with E-state index in [2.05, 4.69) is 9.97 Å². The molecule has 0 spiro atoms. The van der Waals surface area contributed by atoms with Crippen molar-refractivity contribution in [1.82, 2.24) is 9.97 Å². The van der Waals surface area contributed by atoms with Crippen molar-refractivity contribution < 1.29 is 4.79 Å². The van der Waals surface area contributed by atoms with E-state index in [0.717, 1.165) is 28.2 Å². The number of hydrogen-bond acceptors (Lipinski definition) is 3. The van der Waals surface area contributed by atoms with Gasteiger partial charge in [0.05, 0.1) is 11.6 Å². The maximum absolute atomic E-state index is 13.1. The third kappa shape index (κ3) is 3.74. The minimum Gasteiger partial charge on any atom is -0.298 e. The van der Waals surface area contributed by atoms with Gasteiger partial charge in [-0.1, -0.05) is 36.4 Å². The van der Waals surface area contributed by atoms with Gasteiger partial charge in [-0.25, -0.2) is 0 Å². The van der Waals surface area contributed by atoms with Gasteiger partial charge in [-0.15, -0.1) is 0 Å². The van der Waals surface area contributed by atoms with E-state index in [4.69, 9.17) is 0 Å². The van der Waals surface area contributed by atoms with Crippen LogP contribution in [-0.4, -0.2) is 15.8 Å². The van der Waals surface area contributed by atoms with Crippen LogP contribution in [0, 0.1) is 13.8 Å². The zero-order valence-corrected chi connectivity index (χ0v) is 13.9. The standard InChI is InChI=1S/C21H20N2O/c1-15-12-17(13-16(2)23-15)14-20(24)21(18-8-4-3-5-9-18)19-10-6-7-11-22-19/h3-13,21H,14H2,1-2H3. The van der Waals surface area contributed by atoms with Gasteiger partial charge in [0.15, 0.2) is 5.78 Å². The Labute approximate surface area is 142 Å². The summed E-state index contributed by atoms with van der Waals surface area (Å²) in [5.74, 6) is -0.203. The van der Waals surface area contributed by atoms with E-state index < -0.39 is 0 Å². The molecule has 0 fully saturated rings. The fourth-order valence-corrected chi connectivity index (χ4v) is 3.04. The average molecular weight is 316 g/mol. The monoisotopic (exact) mass is 316 g/mol. The Bertz CT molecular complexity index is 769. The van der Waals surface area contributed by atoms with Crippen LogP contribution in [-0.2, 0) is 11.2 Å². The zero-order chi connectivity index (χ0) is 16.9. The number of hydrogen-bond donors (Lipinski definition) is 0. The van der Waals surface area contributed by atoms with Crippen molar-refractivity contribution in [3.8, 4) is 0 Å². The maximum atomic E-state index is 13.1. The molecule has 1 atom stereocenters. The topological polar surface area (TPSA) is 42.9 Å². The predicted molar refractivity (Wildman–Crippen MR) is 94.9 cm³/mol. The van der Waals surface area contributed by atoms with Crippen LogP contribution in [0.3, 0.4) is 0 Å². The van der Waals surface area contributed by atoms with E-state index in [1.165, 1.54) is 0 Å². The molecule has 0 aliphatic carbocycles. The van der Waals surface area contributed by atoms with Gasteiger partial charge in [-0.3, -0.25) is 14.8 Å². The molecule has 0 amide bonds. The normalized spacial score (nSPS) is 11.9. The summed E-state index contributed by atoms with van der Waals surface area (Å²) in [6.45, 7) is 3.91. The van der Waals surface area contributed by atoms with Crippen molar-refractivity contribution >= 4 is 5.78 Å². The number of aromatic nitrogens is 2. The van der Waals surface area contributed by atoms with Crippen LogP contribution >= 0.6 is 0 Å². The lowest BCUT2D eigenvalue weighted by Gasteiger charge is -2.16. The summed E-state index contributed by atoms with van der Waals surface area (Å²) in [7, 11) is 0. The Morgan fingerprint density at radius 2 is 1.62 bits per heavy atom. The Morgan fingerprint density at radius 3 is 2.25 bits per heavy atom. The summed E-state index contributed by atoms with van der Waals surface area (Å²) in [4.78, 5) is 21.9. The minimum absolute atomic E-state index is 0.143. The molecular weight excluding hydrogens is 296 g/mol. The maximum Gasteiger partial charge on any atom is 0.150 e. The minimum atomic E-state index is -0.346. The SMILES string of the molecule is Cc1cc(CC(=O)C(c2ccccc2)c2ccccn2)cc(C)n1. The number of benzene rings is 1. The molecule has 3 nitrogen and oxygen atoms in total. The highest BCUT2D eigenvalue weighted by Gasteiger charge is 2.23. The smallest absolute Gasteiger partial charge is 0.150 e. The molecule has 3 rings (SSSR count). The Balaban J connectivity index is 1.95. The summed E-state index contributed by atoms with van der Waals surface area (Å²) in [6, 6.07) is 19.5. The summed E-state index contributed by atoms with van der Waals surface area (Å²) >= 11 is 0. The van der Waals surface area contributed by atoms with Gasteiger partial charge in [-0.2, -0.15) is 0 Å². The molecule has 2 heterocycles. The van der Waals surface area contributed by atoms with Gasteiger partial charge in [0, 0.05) is 24.0 Å². The van der Waals surface area contributed by atoms with Crippen LogP contribution in [0.15, 0.2) is 66.9 Å². The summed E-state index contributed by atoms with van der Waals surface area (Å²) in [6.07, 6.45) is 2.11. The summed E-state index contributed by atoms with van der Waals surface area (Å²) < 4.78 is 0. The first-order valence-electron chi connectivity index (χ1n) is 8.06. The van der Waals surface area contributed by atoms with Crippen molar-refractivity contribution in [2.75, 3.05) is 0 Å². The molecule has 1 unspecified atom stereocenters. The van der Waals surface area contributed by atoms with Crippen LogP contribution in [0.25, 0.3) is 0 Å². The number of carbonyl (C=O) groups is 1. The molecule has 24 heavy (non-hydrogen) atoms. The van der Waals surface area contributed by atoms with Crippen LogP contribution < -0.4 is 0 Å². The first-order chi connectivity index (χ1) is 11.6. The van der Waals surface area contributed by atoms with E-state index in [-0.39, 0.29) is 11.7 Å². The van der Waals surface area contributed by atoms with E-state index in [0.29, 0.717) is 6.42 Å². The number of aryl methyl sites for hydroxylation is 2. The number of pyridine rings is 2.